The largest absolute Gasteiger partial charge is 0.306 e. The molecule has 0 amide bonds. The zero-order valence-electron chi connectivity index (χ0n) is 10.9. The average Bonchev–Trinajstić information content (AvgIpc) is 2.38. The van der Waals surface area contributed by atoms with Crippen molar-refractivity contribution in [1.29, 1.82) is 0 Å². The normalized spacial score (nSPS) is 28.3. The molecule has 2 unspecified atom stereocenters. The van der Waals surface area contributed by atoms with Crippen LogP contribution < -0.4 is 5.32 Å². The van der Waals surface area contributed by atoms with Crippen molar-refractivity contribution in [2.24, 2.45) is 5.92 Å². The fourth-order valence-corrected chi connectivity index (χ4v) is 3.45. The van der Waals surface area contributed by atoms with E-state index in [0.717, 1.165) is 23.0 Å². The lowest BCUT2D eigenvalue weighted by molar-refractivity contribution is 0.207. The number of hydrogen-bond donors (Lipinski definition) is 1. The molecule has 1 aliphatic carbocycles. The minimum atomic E-state index is 0.0956. The van der Waals surface area contributed by atoms with Crippen molar-refractivity contribution in [3.05, 3.63) is 34.9 Å². The molecule has 1 saturated carbocycles. The Bertz CT molecular complexity index is 394. The summed E-state index contributed by atoms with van der Waals surface area (Å²) in [7, 11) is 0. The summed E-state index contributed by atoms with van der Waals surface area (Å²) in [6.45, 7) is 3.12. The molecule has 0 radical (unpaired) electrons. The third-order valence-corrected chi connectivity index (χ3v) is 4.84. The first kappa shape index (κ1) is 14.2. The van der Waals surface area contributed by atoms with Gasteiger partial charge >= 0.3 is 0 Å². The molecule has 1 fully saturated rings. The zero-order valence-corrected chi connectivity index (χ0v) is 12.4. The molecule has 0 bridgehead atoms. The molecule has 18 heavy (non-hydrogen) atoms. The van der Waals surface area contributed by atoms with Gasteiger partial charge in [0, 0.05) is 23.0 Å². The Morgan fingerprint density at radius 2 is 2.17 bits per heavy atom. The van der Waals surface area contributed by atoms with Crippen molar-refractivity contribution >= 4 is 23.2 Å². The lowest BCUT2D eigenvalue weighted by atomic mass is 9.77. The highest BCUT2D eigenvalue weighted by Crippen LogP contribution is 2.33. The molecule has 2 atom stereocenters. The Labute approximate surface area is 120 Å². The molecule has 0 saturated heterocycles. The van der Waals surface area contributed by atoms with E-state index in [2.05, 4.69) is 18.3 Å². The molecule has 1 aromatic rings. The minimum absolute atomic E-state index is 0.0956. The number of rotatable bonds is 4. The molecule has 0 spiro atoms. The van der Waals surface area contributed by atoms with Gasteiger partial charge in [0.15, 0.2) is 0 Å². The van der Waals surface area contributed by atoms with Gasteiger partial charge in [0.1, 0.15) is 0 Å². The monoisotopic (exact) mass is 285 g/mol. The summed E-state index contributed by atoms with van der Waals surface area (Å²) in [6, 6.07) is 8.00. The second-order valence-corrected chi connectivity index (χ2v) is 6.23. The lowest BCUT2D eigenvalue weighted by Crippen LogP contribution is -2.49. The molecule has 1 N–H and O–H groups in total. The van der Waals surface area contributed by atoms with Gasteiger partial charge in [0.2, 0.25) is 0 Å². The van der Waals surface area contributed by atoms with Crippen molar-refractivity contribution in [3.8, 4) is 0 Å². The molecule has 0 heterocycles. The number of nitrogens with one attached hydrogen (secondary N) is 1. The summed E-state index contributed by atoms with van der Waals surface area (Å²) >= 11 is 12.4. The van der Waals surface area contributed by atoms with Crippen LogP contribution in [0.1, 0.15) is 38.2 Å². The summed E-state index contributed by atoms with van der Waals surface area (Å²) in [4.78, 5) is 0. The summed E-state index contributed by atoms with van der Waals surface area (Å²) in [6.07, 6.45) is 4.93. The first-order chi connectivity index (χ1) is 8.65. The highest BCUT2D eigenvalue weighted by atomic mass is 35.5. The van der Waals surface area contributed by atoms with Gasteiger partial charge in [-0.05, 0) is 30.4 Å². The van der Waals surface area contributed by atoms with E-state index in [1.165, 1.54) is 25.7 Å². The predicted octanol–water partition coefficient (Wildman–Crippen LogP) is 4.62. The van der Waals surface area contributed by atoms with Gasteiger partial charge in [0.25, 0.3) is 0 Å². The highest BCUT2D eigenvalue weighted by Gasteiger charge is 2.33. The van der Waals surface area contributed by atoms with Crippen LogP contribution in [-0.4, -0.2) is 11.4 Å². The van der Waals surface area contributed by atoms with Gasteiger partial charge in [-0.15, -0.1) is 11.6 Å². The van der Waals surface area contributed by atoms with Crippen LogP contribution in [0.25, 0.3) is 0 Å². The van der Waals surface area contributed by atoms with Gasteiger partial charge in [-0.1, -0.05) is 49.6 Å². The third kappa shape index (κ3) is 3.40. The van der Waals surface area contributed by atoms with Crippen LogP contribution in [0, 0.1) is 5.92 Å². The smallest absolute Gasteiger partial charge is 0.0450 e. The number of hydrogen-bond acceptors (Lipinski definition) is 1. The van der Waals surface area contributed by atoms with Crippen molar-refractivity contribution < 1.29 is 0 Å². The number of benzene rings is 1. The van der Waals surface area contributed by atoms with Crippen molar-refractivity contribution in [1.82, 2.24) is 5.32 Å². The van der Waals surface area contributed by atoms with E-state index in [1.807, 2.05) is 18.2 Å². The van der Waals surface area contributed by atoms with Gasteiger partial charge in [-0.3, -0.25) is 0 Å². The van der Waals surface area contributed by atoms with Gasteiger partial charge in [0.05, 0.1) is 0 Å². The number of alkyl halides is 1. The molecule has 0 aromatic heterocycles. The Kier molecular flexibility index (Phi) is 4.94. The van der Waals surface area contributed by atoms with E-state index in [9.17, 15) is 0 Å². The average molecular weight is 286 g/mol. The Morgan fingerprint density at radius 3 is 2.83 bits per heavy atom. The molecular formula is C15H21Cl2N. The van der Waals surface area contributed by atoms with E-state index in [4.69, 9.17) is 23.2 Å². The summed E-state index contributed by atoms with van der Waals surface area (Å²) < 4.78 is 0. The Hall–Kier alpha value is -0.240. The standard InChI is InChI=1S/C15H21Cl2N/c1-12-5-4-8-15(9-12,11-16)18-10-13-6-2-3-7-14(13)17/h2-3,6-7,12,18H,4-5,8-11H2,1H3. The first-order valence-electron chi connectivity index (χ1n) is 6.70. The van der Waals surface area contributed by atoms with Crippen LogP contribution in [0.3, 0.4) is 0 Å². The van der Waals surface area contributed by atoms with Crippen molar-refractivity contribution in [2.75, 3.05) is 5.88 Å². The molecule has 100 valence electrons. The molecule has 0 aliphatic heterocycles. The van der Waals surface area contributed by atoms with Gasteiger partial charge in [-0.2, -0.15) is 0 Å². The SMILES string of the molecule is CC1CCCC(CCl)(NCc2ccccc2Cl)C1. The lowest BCUT2D eigenvalue weighted by Gasteiger charge is -2.39. The van der Waals surface area contributed by atoms with Crippen LogP contribution in [0.5, 0.6) is 0 Å². The molecule has 1 aliphatic rings. The minimum Gasteiger partial charge on any atom is -0.306 e. The first-order valence-corrected chi connectivity index (χ1v) is 7.61. The van der Waals surface area contributed by atoms with E-state index < -0.39 is 0 Å². The van der Waals surface area contributed by atoms with E-state index in [0.29, 0.717) is 5.88 Å². The van der Waals surface area contributed by atoms with E-state index in [-0.39, 0.29) is 5.54 Å². The summed E-state index contributed by atoms with van der Waals surface area (Å²) in [5, 5.41) is 4.49. The number of halogens is 2. The van der Waals surface area contributed by atoms with Crippen LogP contribution >= 0.6 is 23.2 Å². The molecule has 1 aromatic carbocycles. The van der Waals surface area contributed by atoms with Crippen LogP contribution in [-0.2, 0) is 6.54 Å². The second kappa shape index (κ2) is 6.27. The van der Waals surface area contributed by atoms with Gasteiger partial charge < -0.3 is 5.32 Å². The van der Waals surface area contributed by atoms with Crippen LogP contribution in [0.15, 0.2) is 24.3 Å². The Morgan fingerprint density at radius 1 is 1.39 bits per heavy atom. The van der Waals surface area contributed by atoms with Crippen molar-refractivity contribution in [3.63, 3.8) is 0 Å². The Balaban J connectivity index is 2.01. The van der Waals surface area contributed by atoms with Crippen LogP contribution in [0.2, 0.25) is 5.02 Å². The molecular weight excluding hydrogens is 265 g/mol. The third-order valence-electron chi connectivity index (χ3n) is 3.96. The molecule has 1 nitrogen and oxygen atoms in total. The van der Waals surface area contributed by atoms with Crippen molar-refractivity contribution in [2.45, 2.75) is 44.7 Å². The van der Waals surface area contributed by atoms with E-state index >= 15 is 0 Å². The fraction of sp³-hybridized carbons (Fsp3) is 0.600. The van der Waals surface area contributed by atoms with E-state index in [1.54, 1.807) is 0 Å². The van der Waals surface area contributed by atoms with Crippen LogP contribution in [0.4, 0.5) is 0 Å². The molecule has 2 rings (SSSR count). The zero-order chi connectivity index (χ0) is 13.0. The van der Waals surface area contributed by atoms with Gasteiger partial charge in [-0.25, -0.2) is 0 Å². The summed E-state index contributed by atoms with van der Waals surface area (Å²) in [5.74, 6) is 1.44. The summed E-state index contributed by atoms with van der Waals surface area (Å²) in [5.41, 5.74) is 1.25. The maximum absolute atomic E-state index is 6.21. The topological polar surface area (TPSA) is 12.0 Å². The maximum atomic E-state index is 6.21. The second-order valence-electron chi connectivity index (χ2n) is 5.56. The quantitative estimate of drug-likeness (QED) is 0.796. The molecule has 3 heteroatoms. The fourth-order valence-electron chi connectivity index (χ4n) is 2.91. The highest BCUT2D eigenvalue weighted by molar-refractivity contribution is 6.31. The maximum Gasteiger partial charge on any atom is 0.0450 e. The predicted molar refractivity (Wildman–Crippen MR) is 79.4 cm³/mol.